The summed E-state index contributed by atoms with van der Waals surface area (Å²) >= 11 is 0. The summed E-state index contributed by atoms with van der Waals surface area (Å²) in [5, 5.41) is 5.34. The molecule has 5 amide bonds. The first kappa shape index (κ1) is 25.2. The average molecular weight is 544 g/mol. The Morgan fingerprint density at radius 1 is 1.02 bits per heavy atom. The predicted octanol–water partition coefficient (Wildman–Crippen LogP) is 2.70. The number of ether oxygens (including phenoxy) is 1. The van der Waals surface area contributed by atoms with Gasteiger partial charge in [-0.3, -0.25) is 39.2 Å². The highest BCUT2D eigenvalue weighted by molar-refractivity contribution is 6.25. The number of nitrogens with one attached hydrogen (secondary N) is 2. The van der Waals surface area contributed by atoms with E-state index in [-0.39, 0.29) is 47.7 Å². The third kappa shape index (κ3) is 3.96. The molecule has 1 atom stereocenters. The van der Waals surface area contributed by atoms with E-state index >= 15 is 4.39 Å². The lowest BCUT2D eigenvalue weighted by Crippen LogP contribution is -2.54. The monoisotopic (exact) mass is 543 g/mol. The molecular weight excluding hydrogens is 521 g/mol. The maximum atomic E-state index is 15.0. The zero-order valence-corrected chi connectivity index (χ0v) is 21.4. The molecule has 3 aliphatic rings. The third-order valence-electron chi connectivity index (χ3n) is 7.21. The molecule has 40 heavy (non-hydrogen) atoms. The molecule has 12 heteroatoms. The van der Waals surface area contributed by atoms with Gasteiger partial charge in [-0.25, -0.2) is 4.39 Å². The molecule has 3 aromatic rings. The maximum Gasteiger partial charge on any atom is 0.264 e. The first-order valence-electron chi connectivity index (χ1n) is 12.5. The number of hydrogen-bond donors (Lipinski definition) is 2. The fourth-order valence-corrected chi connectivity index (χ4v) is 5.16. The average Bonchev–Trinajstić information content (AvgIpc) is 3.18. The molecule has 3 aliphatic heterocycles. The van der Waals surface area contributed by atoms with E-state index in [1.54, 1.807) is 44.3 Å². The molecule has 0 aliphatic carbocycles. The van der Waals surface area contributed by atoms with Crippen molar-refractivity contribution in [3.8, 4) is 16.9 Å². The Morgan fingerprint density at radius 2 is 1.82 bits per heavy atom. The van der Waals surface area contributed by atoms with Crippen LogP contribution < -0.4 is 20.3 Å². The summed E-state index contributed by atoms with van der Waals surface area (Å²) in [5.41, 5.74) is 2.27. The fraction of sp³-hybridized carbons (Fsp3) is 0.214. The van der Waals surface area contributed by atoms with Crippen molar-refractivity contribution in [1.29, 1.82) is 0 Å². The number of rotatable bonds is 4. The Bertz CT molecular complexity index is 1670. The van der Waals surface area contributed by atoms with Crippen LogP contribution in [0.1, 0.15) is 39.3 Å². The number of aryl methyl sites for hydroxylation is 1. The largest absolute Gasteiger partial charge is 0.482 e. The van der Waals surface area contributed by atoms with Crippen LogP contribution in [-0.2, 0) is 14.4 Å². The molecule has 4 heterocycles. The molecule has 0 unspecified atom stereocenters. The molecule has 0 saturated carbocycles. The summed E-state index contributed by atoms with van der Waals surface area (Å²) < 4.78 is 20.7. The molecule has 2 aromatic carbocycles. The molecule has 0 radical (unpaired) electrons. The van der Waals surface area contributed by atoms with Crippen molar-refractivity contribution in [2.75, 3.05) is 23.9 Å². The molecule has 11 nitrogen and oxygen atoms in total. The van der Waals surface area contributed by atoms with Gasteiger partial charge in [0.2, 0.25) is 11.8 Å². The van der Waals surface area contributed by atoms with E-state index in [9.17, 15) is 24.0 Å². The number of imide groups is 2. The summed E-state index contributed by atoms with van der Waals surface area (Å²) in [7, 11) is 1.59. The van der Waals surface area contributed by atoms with Crippen molar-refractivity contribution in [2.24, 2.45) is 0 Å². The van der Waals surface area contributed by atoms with Crippen LogP contribution in [-0.4, -0.2) is 59.1 Å². The normalized spacial score (nSPS) is 18.4. The predicted molar refractivity (Wildman–Crippen MR) is 140 cm³/mol. The van der Waals surface area contributed by atoms with E-state index < -0.39 is 35.5 Å². The Morgan fingerprint density at radius 3 is 2.60 bits per heavy atom. The lowest BCUT2D eigenvalue weighted by atomic mass is 10.00. The van der Waals surface area contributed by atoms with Crippen LogP contribution in [0.3, 0.4) is 0 Å². The van der Waals surface area contributed by atoms with Crippen LogP contribution in [0.2, 0.25) is 0 Å². The highest BCUT2D eigenvalue weighted by atomic mass is 19.1. The van der Waals surface area contributed by atoms with Crippen molar-refractivity contribution in [2.45, 2.75) is 25.8 Å². The second-order valence-electron chi connectivity index (χ2n) is 9.71. The van der Waals surface area contributed by atoms with Crippen LogP contribution in [0, 0.1) is 12.7 Å². The van der Waals surface area contributed by atoms with Crippen LogP contribution in [0.4, 0.5) is 21.5 Å². The molecule has 0 spiro atoms. The number of anilines is 3. The van der Waals surface area contributed by atoms with Crippen molar-refractivity contribution in [3.05, 3.63) is 65.2 Å². The summed E-state index contributed by atoms with van der Waals surface area (Å²) in [4.78, 5) is 69.6. The molecule has 0 bridgehead atoms. The fourth-order valence-electron chi connectivity index (χ4n) is 5.16. The quantitative estimate of drug-likeness (QED) is 0.479. The Kier molecular flexibility index (Phi) is 5.82. The van der Waals surface area contributed by atoms with Gasteiger partial charge in [0, 0.05) is 36.0 Å². The highest BCUT2D eigenvalue weighted by Gasteiger charge is 2.45. The van der Waals surface area contributed by atoms with E-state index in [0.717, 1.165) is 11.1 Å². The van der Waals surface area contributed by atoms with Crippen LogP contribution in [0.15, 0.2) is 42.6 Å². The topological polar surface area (TPSA) is 138 Å². The maximum absolute atomic E-state index is 15.0. The number of carbonyl (C=O) groups excluding carboxylic acids is 5. The molecule has 202 valence electrons. The summed E-state index contributed by atoms with van der Waals surface area (Å²) in [6.07, 6.45) is 1.12. The van der Waals surface area contributed by atoms with Gasteiger partial charge in [-0.05, 0) is 43.7 Å². The number of fused-ring (bicyclic) bond motifs is 2. The highest BCUT2D eigenvalue weighted by Crippen LogP contribution is 2.43. The van der Waals surface area contributed by atoms with Crippen molar-refractivity contribution in [1.82, 2.24) is 15.2 Å². The van der Waals surface area contributed by atoms with Gasteiger partial charge in [0.1, 0.15) is 17.6 Å². The van der Waals surface area contributed by atoms with E-state index in [0.29, 0.717) is 28.4 Å². The number of pyridine rings is 1. The van der Waals surface area contributed by atoms with Gasteiger partial charge < -0.3 is 15.0 Å². The zero-order valence-electron chi connectivity index (χ0n) is 21.4. The lowest BCUT2D eigenvalue weighted by Gasteiger charge is -2.28. The molecule has 1 fully saturated rings. The summed E-state index contributed by atoms with van der Waals surface area (Å²) in [6.45, 7) is 1.54. The van der Waals surface area contributed by atoms with Gasteiger partial charge in [-0.15, -0.1) is 0 Å². The van der Waals surface area contributed by atoms with Crippen LogP contribution in [0.5, 0.6) is 5.75 Å². The number of nitrogens with zero attached hydrogens (tertiary/aromatic N) is 3. The number of benzene rings is 2. The molecule has 1 aromatic heterocycles. The Balaban J connectivity index is 1.46. The second kappa shape index (κ2) is 9.26. The number of piperidine rings is 1. The lowest BCUT2D eigenvalue weighted by molar-refractivity contribution is -0.136. The number of aromatic nitrogens is 1. The van der Waals surface area contributed by atoms with Crippen molar-refractivity contribution < 1.29 is 33.1 Å². The van der Waals surface area contributed by atoms with Gasteiger partial charge >= 0.3 is 0 Å². The van der Waals surface area contributed by atoms with Gasteiger partial charge in [0.05, 0.1) is 28.7 Å². The minimum absolute atomic E-state index is 0.00136. The number of carbonyl (C=O) groups is 5. The van der Waals surface area contributed by atoms with Crippen molar-refractivity contribution >= 4 is 46.6 Å². The second-order valence-corrected chi connectivity index (χ2v) is 9.71. The first-order chi connectivity index (χ1) is 19.1. The van der Waals surface area contributed by atoms with Gasteiger partial charge in [0.15, 0.2) is 6.61 Å². The standard InChI is InChI=1S/C28H22FN5O6/c1-13-8-15(17(29)11-30-13)16-9-22-21(33(2)24(36)12-40-22)10-19(16)31-18-5-3-4-14-25(18)28(39)34(27(14)38)20-6-7-23(35)32-26(20)37/h3-5,8-11,20,31H,6-7,12H2,1-2H3,(H,32,35,37)/t20-/m1/s1. The number of likely N-dealkylation sites (N-methyl/N-ethyl adjacent to an activating group) is 1. The van der Waals surface area contributed by atoms with E-state index in [1.165, 1.54) is 11.0 Å². The number of halogens is 1. The summed E-state index contributed by atoms with van der Waals surface area (Å²) in [5.74, 6) is -3.04. The number of hydrogen-bond acceptors (Lipinski definition) is 8. The SMILES string of the molecule is Cc1cc(-c2cc3c(cc2Nc2cccc4c2C(=O)N([C@@H]2CCC(=O)NC2=O)C4=O)N(C)C(=O)CO3)c(F)cn1. The minimum Gasteiger partial charge on any atom is -0.482 e. The van der Waals surface area contributed by atoms with Crippen LogP contribution in [0.25, 0.3) is 11.1 Å². The van der Waals surface area contributed by atoms with E-state index in [1.807, 2.05) is 0 Å². The van der Waals surface area contributed by atoms with Gasteiger partial charge in [-0.1, -0.05) is 6.07 Å². The molecule has 6 rings (SSSR count). The smallest absolute Gasteiger partial charge is 0.264 e. The third-order valence-corrected chi connectivity index (χ3v) is 7.21. The van der Waals surface area contributed by atoms with Crippen LogP contribution >= 0.6 is 0 Å². The Hall–Kier alpha value is -5.13. The zero-order chi connectivity index (χ0) is 28.3. The molecule has 2 N–H and O–H groups in total. The van der Waals surface area contributed by atoms with Crippen molar-refractivity contribution in [3.63, 3.8) is 0 Å². The first-order valence-corrected chi connectivity index (χ1v) is 12.5. The summed E-state index contributed by atoms with van der Waals surface area (Å²) in [6, 6.07) is 8.29. The van der Waals surface area contributed by atoms with Gasteiger partial charge in [0.25, 0.3) is 17.7 Å². The van der Waals surface area contributed by atoms with E-state index in [2.05, 4.69) is 15.6 Å². The Labute approximate surface area is 226 Å². The van der Waals surface area contributed by atoms with Gasteiger partial charge in [-0.2, -0.15) is 0 Å². The minimum atomic E-state index is -1.12. The molecule has 1 saturated heterocycles. The number of amides is 5. The molecular formula is C28H22FN5O6. The van der Waals surface area contributed by atoms with E-state index in [4.69, 9.17) is 4.74 Å².